The minimum absolute atomic E-state index is 0.000888. The molecule has 0 bridgehead atoms. The minimum atomic E-state index is -1.90. The highest BCUT2D eigenvalue weighted by Crippen LogP contribution is 2.45. The van der Waals surface area contributed by atoms with E-state index in [-0.39, 0.29) is 22.8 Å². The van der Waals surface area contributed by atoms with Crippen LogP contribution in [0.15, 0.2) is 73.6 Å². The van der Waals surface area contributed by atoms with E-state index in [1.54, 1.807) is 24.5 Å². The Morgan fingerprint density at radius 3 is 1.36 bits per heavy atom. The van der Waals surface area contributed by atoms with Crippen LogP contribution in [0.2, 0.25) is 0 Å². The molecule has 2 aliphatic heterocycles. The normalized spacial score (nSPS) is 28.7. The number of hydrogen-bond acceptors (Lipinski definition) is 14. The number of halogens is 4. The van der Waals surface area contributed by atoms with Crippen LogP contribution < -0.4 is 11.5 Å². The second-order valence-corrected chi connectivity index (χ2v) is 13.9. The summed E-state index contributed by atoms with van der Waals surface area (Å²) < 4.78 is 67.9. The second kappa shape index (κ2) is 14.3. The molecule has 0 radical (unpaired) electrons. The summed E-state index contributed by atoms with van der Waals surface area (Å²) in [6, 6.07) is 9.00. The van der Waals surface area contributed by atoms with Gasteiger partial charge in [0.2, 0.25) is 0 Å². The molecule has 10 atom stereocenters. The fraction of sp³-hybridized carbons (Fsp3) is 0.333. The number of ether oxygens (including phenoxy) is 2. The zero-order valence-corrected chi connectivity index (χ0v) is 29.4. The van der Waals surface area contributed by atoms with Crippen molar-refractivity contribution in [3.63, 3.8) is 0 Å². The van der Waals surface area contributed by atoms with Crippen molar-refractivity contribution >= 4 is 33.7 Å². The molecule has 0 amide bonds. The lowest BCUT2D eigenvalue weighted by Gasteiger charge is -2.29. The maximum Gasteiger partial charge on any atom is 0.164 e. The van der Waals surface area contributed by atoms with Crippen LogP contribution in [0.4, 0.5) is 29.2 Å². The molecular formula is C36H36F4N8O8. The summed E-state index contributed by atoms with van der Waals surface area (Å²) in [7, 11) is 0. The summed E-state index contributed by atoms with van der Waals surface area (Å²) in [5, 5.41) is 65.2. The van der Waals surface area contributed by atoms with Crippen LogP contribution in [0.5, 0.6) is 0 Å². The highest BCUT2D eigenvalue weighted by Gasteiger charge is 2.57. The number of hydrogen-bond donors (Lipinski definition) is 8. The molecule has 0 aliphatic carbocycles. The number of nitrogens with zero attached hydrogens (tertiary/aromatic N) is 6. The van der Waals surface area contributed by atoms with Crippen LogP contribution in [-0.2, 0) is 9.47 Å². The van der Waals surface area contributed by atoms with Gasteiger partial charge in [-0.1, -0.05) is 12.1 Å². The maximum absolute atomic E-state index is 13.5. The van der Waals surface area contributed by atoms with Crippen molar-refractivity contribution < 1.29 is 57.7 Å². The van der Waals surface area contributed by atoms with Gasteiger partial charge in [0.15, 0.2) is 35.7 Å². The van der Waals surface area contributed by atoms with E-state index in [9.17, 15) is 48.2 Å². The van der Waals surface area contributed by atoms with Crippen LogP contribution in [0.25, 0.3) is 22.1 Å². The fourth-order valence-electron chi connectivity index (χ4n) is 7.00. The van der Waals surface area contributed by atoms with Gasteiger partial charge in [-0.15, -0.1) is 0 Å². The number of nitrogens with two attached hydrogens (primary N) is 2. The van der Waals surface area contributed by atoms with E-state index in [1.807, 2.05) is 0 Å². The monoisotopic (exact) mass is 784 g/mol. The minimum Gasteiger partial charge on any atom is -0.386 e. The quantitative estimate of drug-likeness (QED) is 0.113. The van der Waals surface area contributed by atoms with Crippen molar-refractivity contribution in [3.8, 4) is 0 Å². The number of rotatable bonds is 6. The highest BCUT2D eigenvalue weighted by molar-refractivity contribution is 5.86. The molecule has 2 aromatic carbocycles. The van der Waals surface area contributed by atoms with E-state index >= 15 is 0 Å². The first-order valence-electron chi connectivity index (χ1n) is 16.9. The maximum atomic E-state index is 13.5. The smallest absolute Gasteiger partial charge is 0.164 e. The molecule has 6 heterocycles. The van der Waals surface area contributed by atoms with Crippen molar-refractivity contribution in [3.05, 3.63) is 108 Å². The molecule has 0 spiro atoms. The highest BCUT2D eigenvalue weighted by atomic mass is 19.2. The van der Waals surface area contributed by atoms with Crippen molar-refractivity contribution in [1.29, 1.82) is 0 Å². The molecule has 0 unspecified atom stereocenters. The summed E-state index contributed by atoms with van der Waals surface area (Å²) in [5.74, 6) is -3.94. The second-order valence-electron chi connectivity index (χ2n) is 13.9. The van der Waals surface area contributed by atoms with Gasteiger partial charge < -0.3 is 60.7 Å². The average molecular weight is 785 g/mol. The summed E-state index contributed by atoms with van der Waals surface area (Å²) in [6.45, 7) is 2.58. The van der Waals surface area contributed by atoms with Gasteiger partial charge in [0.05, 0.1) is 10.8 Å². The van der Waals surface area contributed by atoms with Gasteiger partial charge in [0.1, 0.15) is 83.4 Å². The first-order valence-corrected chi connectivity index (χ1v) is 16.9. The molecule has 56 heavy (non-hydrogen) atoms. The molecule has 16 nitrogen and oxygen atoms in total. The van der Waals surface area contributed by atoms with Crippen molar-refractivity contribution in [2.75, 3.05) is 11.5 Å². The standard InChI is InChI=1S/2C18H18F2N4O4/c2*1-18(27)13(26)17(24-5-4-9-15(21)22-7-23-16(9)24)28-14(18)12(25)8-2-3-10(19)11(20)6-8/h2*2-7,12-14,17,25-27H,1H3,(H2,21,22,23)/t12-,13+,14-,17-,18+;12-,13-,14+,17+,18-/m10/s1. The van der Waals surface area contributed by atoms with Crippen LogP contribution in [0, 0.1) is 23.3 Å². The Kier molecular flexibility index (Phi) is 9.95. The number of benzene rings is 2. The van der Waals surface area contributed by atoms with Crippen LogP contribution >= 0.6 is 0 Å². The van der Waals surface area contributed by atoms with E-state index in [0.717, 1.165) is 24.3 Å². The molecule has 2 aliphatic rings. The number of fused-ring (bicyclic) bond motifs is 2. The third-order valence-corrected chi connectivity index (χ3v) is 10.2. The Balaban J connectivity index is 0.000000172. The lowest BCUT2D eigenvalue weighted by atomic mass is 9.88. The molecule has 6 aromatic rings. The van der Waals surface area contributed by atoms with E-state index in [1.165, 1.54) is 47.8 Å². The van der Waals surface area contributed by atoms with Gasteiger partial charge >= 0.3 is 0 Å². The Morgan fingerprint density at radius 1 is 0.625 bits per heavy atom. The predicted octanol–water partition coefficient (Wildman–Crippen LogP) is 2.07. The lowest BCUT2D eigenvalue weighted by Crippen LogP contribution is -2.47. The molecule has 4 aromatic heterocycles. The first-order chi connectivity index (χ1) is 26.4. The van der Waals surface area contributed by atoms with E-state index in [4.69, 9.17) is 20.9 Å². The molecule has 8 rings (SSSR count). The SMILES string of the molecule is C[C@@]1(O)[C@@H]([C@@H](O)c2ccc(F)c(F)c2)O[C@@H](n2ccc3c(N)ncnc32)[C@@H]1O.C[C@@]1(O)[C@@H]([C@H](O)c2ccc(F)c(F)c2)O[C@@H](n2ccc3c(N)ncnc32)[C@@H]1O. The third-order valence-electron chi connectivity index (χ3n) is 10.2. The summed E-state index contributed by atoms with van der Waals surface area (Å²) >= 11 is 0. The first kappa shape index (κ1) is 38.9. The van der Waals surface area contributed by atoms with E-state index in [2.05, 4.69) is 19.9 Å². The van der Waals surface area contributed by atoms with Crippen molar-refractivity contribution in [2.24, 2.45) is 0 Å². The predicted molar refractivity (Wildman–Crippen MR) is 188 cm³/mol. The van der Waals surface area contributed by atoms with Gasteiger partial charge in [-0.05, 0) is 61.4 Å². The Bertz CT molecular complexity index is 2250. The number of nitrogen functional groups attached to an aromatic ring is 2. The average Bonchev–Trinajstić information content (AvgIpc) is 3.90. The molecule has 10 N–H and O–H groups in total. The molecule has 0 saturated carbocycles. The lowest BCUT2D eigenvalue weighted by molar-refractivity contribution is -0.115. The number of aromatic nitrogens is 6. The topological polar surface area (TPSA) is 253 Å². The zero-order valence-electron chi connectivity index (χ0n) is 29.4. The van der Waals surface area contributed by atoms with Crippen LogP contribution in [0.3, 0.4) is 0 Å². The van der Waals surface area contributed by atoms with Crippen LogP contribution in [-0.4, -0.2) is 95.3 Å². The van der Waals surface area contributed by atoms with Gasteiger partial charge in [-0.3, -0.25) is 0 Å². The molecule has 2 saturated heterocycles. The van der Waals surface area contributed by atoms with Gasteiger partial charge in [-0.2, -0.15) is 0 Å². The molecule has 20 heteroatoms. The van der Waals surface area contributed by atoms with Gasteiger partial charge in [-0.25, -0.2) is 37.5 Å². The third kappa shape index (κ3) is 6.48. The van der Waals surface area contributed by atoms with Gasteiger partial charge in [0, 0.05) is 12.4 Å². The Morgan fingerprint density at radius 2 is 1.00 bits per heavy atom. The zero-order chi connectivity index (χ0) is 40.4. The molecule has 2 fully saturated rings. The summed E-state index contributed by atoms with van der Waals surface area (Å²) in [5.41, 5.74) is 8.57. The summed E-state index contributed by atoms with van der Waals surface area (Å²) in [4.78, 5) is 16.0. The Labute approximate surface area is 313 Å². The number of aliphatic hydroxyl groups is 6. The number of anilines is 2. The fourth-order valence-corrected chi connectivity index (χ4v) is 7.00. The Hall–Kier alpha value is -5.32. The van der Waals surface area contributed by atoms with E-state index in [0.29, 0.717) is 22.1 Å². The van der Waals surface area contributed by atoms with Crippen molar-refractivity contribution in [1.82, 2.24) is 29.1 Å². The van der Waals surface area contributed by atoms with E-state index < -0.39 is 83.6 Å². The van der Waals surface area contributed by atoms with Gasteiger partial charge in [0.25, 0.3) is 0 Å². The largest absolute Gasteiger partial charge is 0.386 e. The summed E-state index contributed by atoms with van der Waals surface area (Å²) in [6.07, 6.45) is -5.19. The van der Waals surface area contributed by atoms with Crippen LogP contribution in [0.1, 0.15) is 49.6 Å². The van der Waals surface area contributed by atoms with Crippen molar-refractivity contribution in [2.45, 2.75) is 74.1 Å². The number of aliphatic hydroxyl groups excluding tert-OH is 4. The molecular weight excluding hydrogens is 748 g/mol. The molecule has 296 valence electrons.